The number of allylic oxidation sites excluding steroid dienone is 4. The van der Waals surface area contributed by atoms with E-state index in [1.165, 1.54) is 11.1 Å². The van der Waals surface area contributed by atoms with E-state index in [0.29, 0.717) is 0 Å². The number of hydrogen-bond donors (Lipinski definition) is 0. The fourth-order valence-corrected chi connectivity index (χ4v) is 1.90. The Bertz CT molecular complexity index is 371. The molecule has 0 saturated heterocycles. The molecule has 0 fully saturated rings. The molecule has 1 aliphatic heterocycles. The first kappa shape index (κ1) is 9.35. The third-order valence-electron chi connectivity index (χ3n) is 2.08. The van der Waals surface area contributed by atoms with Crippen LogP contribution < -0.4 is 0 Å². The molecule has 0 aliphatic carbocycles. The highest BCUT2D eigenvalue weighted by Crippen LogP contribution is 2.16. The first-order valence-electron chi connectivity index (χ1n) is 4.67. The molecule has 0 nitrogen and oxygen atoms in total. The van der Waals surface area contributed by atoms with Gasteiger partial charge in [0.15, 0.2) is 0 Å². The first-order chi connectivity index (χ1) is 6.95. The second-order valence-corrected chi connectivity index (χ2v) is 3.99. The maximum atomic E-state index is 2.18. The summed E-state index contributed by atoms with van der Waals surface area (Å²) in [6, 6.07) is 10.5. The monoisotopic (exact) mass is 200 g/mol. The largest absolute Gasteiger partial charge is 0.106 e. The Hall–Kier alpha value is -1.21. The van der Waals surface area contributed by atoms with Crippen molar-refractivity contribution in [3.63, 3.8) is 0 Å². The van der Waals surface area contributed by atoms with Gasteiger partial charge in [-0.15, -0.1) is 11.8 Å². The predicted octanol–water partition coefficient (Wildman–Crippen LogP) is 3.93. The molecule has 0 unspecified atom stereocenters. The maximum absolute atomic E-state index is 2.18. The van der Waals surface area contributed by atoms with Gasteiger partial charge in [0.1, 0.15) is 0 Å². The number of thioether (sulfide) groups is 1. The minimum atomic E-state index is 1.02. The van der Waals surface area contributed by atoms with Gasteiger partial charge >= 0.3 is 0 Å². The zero-order valence-corrected chi connectivity index (χ0v) is 8.71. The van der Waals surface area contributed by atoms with Crippen LogP contribution in [0.2, 0.25) is 0 Å². The van der Waals surface area contributed by atoms with Crippen molar-refractivity contribution in [3.8, 4) is 0 Å². The van der Waals surface area contributed by atoms with Gasteiger partial charge in [-0.3, -0.25) is 0 Å². The van der Waals surface area contributed by atoms with Crippen LogP contribution in [-0.4, -0.2) is 0 Å². The lowest BCUT2D eigenvalue weighted by Crippen LogP contribution is -1.86. The van der Waals surface area contributed by atoms with Crippen molar-refractivity contribution in [1.29, 1.82) is 0 Å². The second-order valence-electron chi connectivity index (χ2n) is 3.17. The summed E-state index contributed by atoms with van der Waals surface area (Å²) < 4.78 is 0. The van der Waals surface area contributed by atoms with Crippen molar-refractivity contribution >= 4 is 11.8 Å². The quantitative estimate of drug-likeness (QED) is 0.697. The Morgan fingerprint density at radius 1 is 1.00 bits per heavy atom. The van der Waals surface area contributed by atoms with Crippen LogP contribution >= 0.6 is 11.8 Å². The fourth-order valence-electron chi connectivity index (χ4n) is 1.39. The van der Waals surface area contributed by atoms with Crippen LogP contribution in [0.1, 0.15) is 5.56 Å². The van der Waals surface area contributed by atoms with Gasteiger partial charge in [-0.25, -0.2) is 0 Å². The zero-order chi connectivity index (χ0) is 9.64. The minimum absolute atomic E-state index is 1.02. The van der Waals surface area contributed by atoms with Crippen LogP contribution in [0.3, 0.4) is 0 Å². The molecule has 0 amide bonds. The van der Waals surface area contributed by atoms with Gasteiger partial charge < -0.3 is 0 Å². The van der Waals surface area contributed by atoms with E-state index >= 15 is 0 Å². The highest BCUT2D eigenvalue weighted by atomic mass is 32.2. The Morgan fingerprint density at radius 3 is 2.71 bits per heavy atom. The normalized spacial score (nSPS) is 15.0. The van der Waals surface area contributed by atoms with Gasteiger partial charge in [-0.05, 0) is 28.4 Å². The second kappa shape index (κ2) is 4.87. The summed E-state index contributed by atoms with van der Waals surface area (Å²) in [5, 5.41) is 4.22. The summed E-state index contributed by atoms with van der Waals surface area (Å²) in [5.74, 6) is 0. The molecule has 70 valence electrons. The van der Waals surface area contributed by atoms with Crippen molar-refractivity contribution < 1.29 is 0 Å². The topological polar surface area (TPSA) is 0 Å². The zero-order valence-electron chi connectivity index (χ0n) is 7.89. The summed E-state index contributed by atoms with van der Waals surface area (Å²) in [6.45, 7) is 0. The smallest absolute Gasteiger partial charge is 0.00256 e. The van der Waals surface area contributed by atoms with Crippen LogP contribution in [0.15, 0.2) is 64.9 Å². The van der Waals surface area contributed by atoms with Gasteiger partial charge in [-0.2, -0.15) is 0 Å². The molecule has 1 heteroatoms. The van der Waals surface area contributed by atoms with E-state index < -0.39 is 0 Å². The summed E-state index contributed by atoms with van der Waals surface area (Å²) in [6.07, 6.45) is 7.46. The lowest BCUT2D eigenvalue weighted by molar-refractivity contribution is 1.20. The molecule has 0 bridgehead atoms. The summed E-state index contributed by atoms with van der Waals surface area (Å²) >= 11 is 1.72. The van der Waals surface area contributed by atoms with E-state index in [9.17, 15) is 0 Å². The fraction of sp³-hybridized carbons (Fsp3) is 0.0769. The van der Waals surface area contributed by atoms with Gasteiger partial charge in [-0.1, -0.05) is 48.6 Å². The van der Waals surface area contributed by atoms with E-state index in [0.717, 1.165) is 6.42 Å². The lowest BCUT2D eigenvalue weighted by atomic mass is 10.1. The van der Waals surface area contributed by atoms with Crippen molar-refractivity contribution in [2.24, 2.45) is 0 Å². The molecule has 0 atom stereocenters. The average Bonchev–Trinajstić information content (AvgIpc) is 2.48. The number of benzene rings is 1. The van der Waals surface area contributed by atoms with Crippen LogP contribution in [0, 0.1) is 0 Å². The molecule has 0 aromatic heterocycles. The summed E-state index contributed by atoms with van der Waals surface area (Å²) in [7, 11) is 0. The molecule has 14 heavy (non-hydrogen) atoms. The van der Waals surface area contributed by atoms with Crippen molar-refractivity contribution in [3.05, 3.63) is 70.5 Å². The molecular weight excluding hydrogens is 188 g/mol. The minimum Gasteiger partial charge on any atom is -0.106 e. The van der Waals surface area contributed by atoms with Crippen LogP contribution in [0.25, 0.3) is 0 Å². The molecular formula is C13H12S. The SMILES string of the molecule is C1=CSC=CC(Cc2ccccc2)=C1. The molecule has 1 aromatic carbocycles. The third kappa shape index (κ3) is 2.64. The highest BCUT2D eigenvalue weighted by Gasteiger charge is 1.95. The van der Waals surface area contributed by atoms with E-state index in [1.807, 2.05) is 0 Å². The third-order valence-corrected chi connectivity index (χ3v) is 2.69. The van der Waals surface area contributed by atoms with Crippen LogP contribution in [0.5, 0.6) is 0 Å². The predicted molar refractivity (Wildman–Crippen MR) is 64.1 cm³/mol. The lowest BCUT2D eigenvalue weighted by Gasteiger charge is -2.00. The molecule has 0 radical (unpaired) electrons. The highest BCUT2D eigenvalue weighted by molar-refractivity contribution is 8.04. The van der Waals surface area contributed by atoms with E-state index in [1.54, 1.807) is 11.8 Å². The van der Waals surface area contributed by atoms with E-state index in [4.69, 9.17) is 0 Å². The average molecular weight is 200 g/mol. The van der Waals surface area contributed by atoms with Crippen molar-refractivity contribution in [1.82, 2.24) is 0 Å². The van der Waals surface area contributed by atoms with Crippen molar-refractivity contribution in [2.45, 2.75) is 6.42 Å². The molecule has 1 heterocycles. The van der Waals surface area contributed by atoms with Gasteiger partial charge in [0, 0.05) is 0 Å². The molecule has 1 aromatic rings. The maximum Gasteiger partial charge on any atom is -0.00256 e. The van der Waals surface area contributed by atoms with Crippen LogP contribution in [-0.2, 0) is 6.42 Å². The Labute approximate surface area is 89.0 Å². The summed E-state index contributed by atoms with van der Waals surface area (Å²) in [4.78, 5) is 0. The molecule has 1 aliphatic rings. The molecule has 0 spiro atoms. The number of rotatable bonds is 2. The summed E-state index contributed by atoms with van der Waals surface area (Å²) in [5.41, 5.74) is 2.72. The Balaban J connectivity index is 2.11. The Kier molecular flexibility index (Phi) is 3.25. The standard InChI is InChI=1S/C13H12S/c1-2-5-12(6-3-1)11-13-7-4-9-14-10-8-13/h1-10H,11H2. The van der Waals surface area contributed by atoms with Gasteiger partial charge in [0.25, 0.3) is 0 Å². The van der Waals surface area contributed by atoms with Crippen LogP contribution in [0.4, 0.5) is 0 Å². The molecule has 2 rings (SSSR count). The van der Waals surface area contributed by atoms with Gasteiger partial charge in [0.2, 0.25) is 0 Å². The van der Waals surface area contributed by atoms with E-state index in [-0.39, 0.29) is 0 Å². The van der Waals surface area contributed by atoms with E-state index in [2.05, 4.69) is 59.4 Å². The molecule has 0 saturated carbocycles. The van der Waals surface area contributed by atoms with Crippen molar-refractivity contribution in [2.75, 3.05) is 0 Å². The number of hydrogen-bond acceptors (Lipinski definition) is 1. The first-order valence-corrected chi connectivity index (χ1v) is 5.61. The van der Waals surface area contributed by atoms with Gasteiger partial charge in [0.05, 0.1) is 0 Å². The Morgan fingerprint density at radius 2 is 1.86 bits per heavy atom. The molecule has 0 N–H and O–H groups in total.